The van der Waals surface area contributed by atoms with Crippen molar-refractivity contribution in [2.75, 3.05) is 5.75 Å². The molecule has 0 saturated carbocycles. The van der Waals surface area contributed by atoms with E-state index >= 15 is 0 Å². The Balaban J connectivity index is 2.34. The SMILES string of the molecule is CCc1cc(SCC(=O)O)n(-c2ccc(Br)cn2)n1. The average molecular weight is 342 g/mol. The lowest BCUT2D eigenvalue weighted by Gasteiger charge is -2.04. The van der Waals surface area contributed by atoms with Crippen LogP contribution in [0.1, 0.15) is 12.6 Å². The molecule has 0 amide bonds. The number of aliphatic carboxylic acids is 1. The Morgan fingerprint density at radius 2 is 2.32 bits per heavy atom. The van der Waals surface area contributed by atoms with Crippen LogP contribution in [-0.2, 0) is 11.2 Å². The van der Waals surface area contributed by atoms with Crippen LogP contribution in [0.5, 0.6) is 0 Å². The second-order valence-electron chi connectivity index (χ2n) is 3.76. The Morgan fingerprint density at radius 1 is 1.53 bits per heavy atom. The molecule has 0 aliphatic carbocycles. The lowest BCUT2D eigenvalue weighted by Crippen LogP contribution is -2.04. The van der Waals surface area contributed by atoms with E-state index in [2.05, 4.69) is 26.0 Å². The molecule has 19 heavy (non-hydrogen) atoms. The molecule has 100 valence electrons. The normalized spacial score (nSPS) is 10.6. The molecule has 0 saturated heterocycles. The van der Waals surface area contributed by atoms with Gasteiger partial charge in [-0.05, 0) is 40.5 Å². The van der Waals surface area contributed by atoms with Crippen molar-refractivity contribution in [1.29, 1.82) is 0 Å². The number of aromatic nitrogens is 3. The summed E-state index contributed by atoms with van der Waals surface area (Å²) in [5.41, 5.74) is 0.914. The second-order valence-corrected chi connectivity index (χ2v) is 5.67. The Kier molecular flexibility index (Phi) is 4.60. The first-order chi connectivity index (χ1) is 9.10. The van der Waals surface area contributed by atoms with Gasteiger partial charge < -0.3 is 5.11 Å². The first-order valence-corrected chi connectivity index (χ1v) is 7.43. The third-order valence-electron chi connectivity index (χ3n) is 2.36. The van der Waals surface area contributed by atoms with E-state index in [-0.39, 0.29) is 5.75 Å². The molecule has 2 aromatic rings. The van der Waals surface area contributed by atoms with E-state index in [9.17, 15) is 4.79 Å². The van der Waals surface area contributed by atoms with Crippen molar-refractivity contribution in [3.05, 3.63) is 34.6 Å². The van der Waals surface area contributed by atoms with Crippen LogP contribution in [0.3, 0.4) is 0 Å². The quantitative estimate of drug-likeness (QED) is 0.847. The lowest BCUT2D eigenvalue weighted by atomic mass is 10.3. The summed E-state index contributed by atoms with van der Waals surface area (Å²) in [6.45, 7) is 2.01. The maximum absolute atomic E-state index is 10.7. The van der Waals surface area contributed by atoms with Gasteiger partial charge in [0, 0.05) is 10.7 Å². The molecule has 0 aliphatic heterocycles. The van der Waals surface area contributed by atoms with E-state index in [0.717, 1.165) is 21.6 Å². The molecule has 1 N–H and O–H groups in total. The van der Waals surface area contributed by atoms with Crippen LogP contribution in [0, 0.1) is 0 Å². The summed E-state index contributed by atoms with van der Waals surface area (Å²) in [4.78, 5) is 14.9. The zero-order valence-corrected chi connectivity index (χ0v) is 12.6. The standard InChI is InChI=1S/C12H12BrN3O2S/c1-2-9-5-11(19-7-12(17)18)16(15-9)10-4-3-8(13)6-14-10/h3-6H,2,7H2,1H3,(H,17,18). The largest absolute Gasteiger partial charge is 0.481 e. The third-order valence-corrected chi connectivity index (χ3v) is 3.81. The zero-order valence-electron chi connectivity index (χ0n) is 10.2. The van der Waals surface area contributed by atoms with E-state index in [4.69, 9.17) is 5.11 Å². The molecule has 7 heteroatoms. The Hall–Kier alpha value is -1.34. The molecule has 0 radical (unpaired) electrons. The number of hydrogen-bond acceptors (Lipinski definition) is 4. The van der Waals surface area contributed by atoms with Crippen molar-refractivity contribution in [2.24, 2.45) is 0 Å². The number of hydrogen-bond donors (Lipinski definition) is 1. The van der Waals surface area contributed by atoms with Gasteiger partial charge in [-0.2, -0.15) is 5.10 Å². The van der Waals surface area contributed by atoms with Crippen molar-refractivity contribution in [2.45, 2.75) is 18.4 Å². The van der Waals surface area contributed by atoms with Gasteiger partial charge in [0.05, 0.1) is 11.4 Å². The molecule has 0 unspecified atom stereocenters. The van der Waals surface area contributed by atoms with E-state index < -0.39 is 5.97 Å². The highest BCUT2D eigenvalue weighted by molar-refractivity contribution is 9.10. The first-order valence-electron chi connectivity index (χ1n) is 5.65. The van der Waals surface area contributed by atoms with Gasteiger partial charge in [0.1, 0.15) is 5.03 Å². The van der Waals surface area contributed by atoms with Crippen LogP contribution >= 0.6 is 27.7 Å². The monoisotopic (exact) mass is 341 g/mol. The highest BCUT2D eigenvalue weighted by Gasteiger charge is 2.11. The van der Waals surface area contributed by atoms with Crippen molar-refractivity contribution in [1.82, 2.24) is 14.8 Å². The lowest BCUT2D eigenvalue weighted by molar-refractivity contribution is -0.133. The zero-order chi connectivity index (χ0) is 13.8. The summed E-state index contributed by atoms with van der Waals surface area (Å²) >= 11 is 4.57. The fourth-order valence-corrected chi connectivity index (χ4v) is 2.46. The molecular weight excluding hydrogens is 330 g/mol. The van der Waals surface area contributed by atoms with Gasteiger partial charge in [-0.15, -0.1) is 0 Å². The summed E-state index contributed by atoms with van der Waals surface area (Å²) in [6.07, 6.45) is 2.48. The summed E-state index contributed by atoms with van der Waals surface area (Å²) in [7, 11) is 0. The van der Waals surface area contributed by atoms with Gasteiger partial charge in [-0.25, -0.2) is 9.67 Å². The fraction of sp³-hybridized carbons (Fsp3) is 0.250. The van der Waals surface area contributed by atoms with Gasteiger partial charge in [0.2, 0.25) is 0 Å². The Morgan fingerprint density at radius 3 is 2.89 bits per heavy atom. The molecule has 2 heterocycles. The third kappa shape index (κ3) is 3.57. The van der Waals surface area contributed by atoms with Crippen molar-refractivity contribution >= 4 is 33.7 Å². The van der Waals surface area contributed by atoms with E-state index in [1.165, 1.54) is 11.8 Å². The minimum atomic E-state index is -0.848. The maximum Gasteiger partial charge on any atom is 0.313 e. The van der Waals surface area contributed by atoms with Crippen LogP contribution in [0.15, 0.2) is 33.9 Å². The van der Waals surface area contributed by atoms with Crippen LogP contribution < -0.4 is 0 Å². The number of nitrogens with zero attached hydrogens (tertiary/aromatic N) is 3. The molecule has 0 aliphatic rings. The minimum Gasteiger partial charge on any atom is -0.481 e. The molecule has 0 aromatic carbocycles. The van der Waals surface area contributed by atoms with E-state index in [0.29, 0.717) is 5.82 Å². The minimum absolute atomic E-state index is 0.00533. The van der Waals surface area contributed by atoms with Crippen molar-refractivity contribution < 1.29 is 9.90 Å². The summed E-state index contributed by atoms with van der Waals surface area (Å²) in [5, 5.41) is 14.0. The topological polar surface area (TPSA) is 68.0 Å². The number of pyridine rings is 1. The molecular formula is C12H12BrN3O2S. The fourth-order valence-electron chi connectivity index (χ4n) is 1.48. The summed E-state index contributed by atoms with van der Waals surface area (Å²) in [5.74, 6) is -0.166. The number of carboxylic acids is 1. The number of rotatable bonds is 5. The van der Waals surface area contributed by atoms with E-state index in [1.807, 2.05) is 25.1 Å². The molecule has 0 spiro atoms. The van der Waals surface area contributed by atoms with Gasteiger partial charge in [-0.3, -0.25) is 4.79 Å². The molecule has 0 atom stereocenters. The summed E-state index contributed by atoms with van der Waals surface area (Å²) in [6, 6.07) is 5.61. The summed E-state index contributed by atoms with van der Waals surface area (Å²) < 4.78 is 2.57. The number of carbonyl (C=O) groups is 1. The molecule has 5 nitrogen and oxygen atoms in total. The van der Waals surface area contributed by atoms with Crippen molar-refractivity contribution in [3.8, 4) is 5.82 Å². The number of carboxylic acid groups (broad SMARTS) is 1. The van der Waals surface area contributed by atoms with Gasteiger partial charge in [0.25, 0.3) is 0 Å². The number of thioether (sulfide) groups is 1. The van der Waals surface area contributed by atoms with Crippen LogP contribution in [-0.4, -0.2) is 31.6 Å². The smallest absolute Gasteiger partial charge is 0.313 e. The van der Waals surface area contributed by atoms with Crippen LogP contribution in [0.2, 0.25) is 0 Å². The average Bonchev–Trinajstić information content (AvgIpc) is 2.80. The molecule has 0 bridgehead atoms. The van der Waals surface area contributed by atoms with Crippen LogP contribution in [0.4, 0.5) is 0 Å². The number of aryl methyl sites for hydroxylation is 1. The Labute approximate surface area is 123 Å². The molecule has 2 rings (SSSR count). The van der Waals surface area contributed by atoms with Crippen LogP contribution in [0.25, 0.3) is 5.82 Å². The second kappa shape index (κ2) is 6.21. The molecule has 2 aromatic heterocycles. The predicted octanol–water partition coefficient (Wildman–Crippen LogP) is 2.77. The highest BCUT2D eigenvalue weighted by Crippen LogP contribution is 2.23. The maximum atomic E-state index is 10.7. The Bertz CT molecular complexity index is 583. The highest BCUT2D eigenvalue weighted by atomic mass is 79.9. The van der Waals surface area contributed by atoms with Gasteiger partial charge in [-0.1, -0.05) is 18.7 Å². The molecule has 0 fully saturated rings. The first kappa shape index (κ1) is 14.1. The number of halogens is 1. The predicted molar refractivity (Wildman–Crippen MR) is 76.8 cm³/mol. The van der Waals surface area contributed by atoms with Gasteiger partial charge in [0.15, 0.2) is 5.82 Å². The van der Waals surface area contributed by atoms with E-state index in [1.54, 1.807) is 10.9 Å². The van der Waals surface area contributed by atoms with Gasteiger partial charge >= 0.3 is 5.97 Å². The van der Waals surface area contributed by atoms with Crippen molar-refractivity contribution in [3.63, 3.8) is 0 Å².